The second-order valence-corrected chi connectivity index (χ2v) is 7.41. The van der Waals surface area contributed by atoms with Crippen LogP contribution in [-0.2, 0) is 0 Å². The number of likely N-dealkylation sites (tertiary alicyclic amines) is 1. The van der Waals surface area contributed by atoms with Gasteiger partial charge >= 0.3 is 0 Å². The summed E-state index contributed by atoms with van der Waals surface area (Å²) in [4.78, 5) is 21.8. The molecule has 1 saturated heterocycles. The number of halogens is 1. The van der Waals surface area contributed by atoms with Crippen molar-refractivity contribution in [2.45, 2.75) is 19.4 Å². The number of pyridine rings is 1. The first-order chi connectivity index (χ1) is 13.3. The van der Waals surface area contributed by atoms with Gasteiger partial charge in [-0.15, -0.1) is 0 Å². The zero-order chi connectivity index (χ0) is 20.0. The number of phenolic OH excluding ortho intramolecular Hbond substituents is 1. The average Bonchev–Trinajstić information content (AvgIpc) is 3.30. The molecule has 1 atom stereocenters. The Morgan fingerprint density at radius 3 is 2.82 bits per heavy atom. The number of benzene rings is 1. The molecule has 1 amide bonds. The van der Waals surface area contributed by atoms with Crippen molar-refractivity contribution in [1.29, 1.82) is 0 Å². The Morgan fingerprint density at radius 2 is 2.14 bits per heavy atom. The van der Waals surface area contributed by atoms with Gasteiger partial charge < -0.3 is 14.9 Å². The van der Waals surface area contributed by atoms with Crippen LogP contribution in [0, 0.1) is 12.7 Å². The summed E-state index contributed by atoms with van der Waals surface area (Å²) < 4.78 is 13.8. The topological polar surface area (TPSA) is 85.3 Å². The Balaban J connectivity index is 1.79. The molecule has 1 fully saturated rings. The summed E-state index contributed by atoms with van der Waals surface area (Å²) in [6.45, 7) is 3.17. The number of rotatable bonds is 3. The number of likely N-dealkylation sites (N-methyl/N-ethyl adjacent to an activating group) is 1. The van der Waals surface area contributed by atoms with Crippen LogP contribution in [0.25, 0.3) is 22.3 Å². The first-order valence-electron chi connectivity index (χ1n) is 9.15. The van der Waals surface area contributed by atoms with E-state index in [-0.39, 0.29) is 5.91 Å². The van der Waals surface area contributed by atoms with Crippen LogP contribution < -0.4 is 0 Å². The molecule has 1 aliphatic rings. The van der Waals surface area contributed by atoms with Crippen molar-refractivity contribution in [1.82, 2.24) is 25.0 Å². The van der Waals surface area contributed by atoms with Crippen LogP contribution in [0.5, 0.6) is 5.75 Å². The van der Waals surface area contributed by atoms with Crippen molar-refractivity contribution in [2.75, 3.05) is 27.2 Å². The van der Waals surface area contributed by atoms with Crippen LogP contribution >= 0.6 is 0 Å². The highest BCUT2D eigenvalue weighted by molar-refractivity contribution is 6.07. The summed E-state index contributed by atoms with van der Waals surface area (Å²) in [5, 5.41) is 17.2. The molecule has 2 aromatic heterocycles. The number of fused-ring (bicyclic) bond motifs is 1. The smallest absolute Gasteiger partial charge is 0.254 e. The number of hydrogen-bond donors (Lipinski definition) is 2. The van der Waals surface area contributed by atoms with Gasteiger partial charge in [0.25, 0.3) is 5.91 Å². The van der Waals surface area contributed by atoms with E-state index in [1.165, 1.54) is 12.1 Å². The standard InChI is InChI=1S/C20H22FN5O2/c1-11-18-14(20(28)26-7-6-13(10-26)25(2)3)9-16(22-19(18)24-23-11)12-4-5-17(27)15(21)8-12/h4-5,8-9,13,27H,6-7,10H2,1-3H3,(H,22,23,24)/t13-/m0/s1. The van der Waals surface area contributed by atoms with Crippen molar-refractivity contribution >= 4 is 16.9 Å². The lowest BCUT2D eigenvalue weighted by molar-refractivity contribution is 0.0785. The minimum atomic E-state index is -0.735. The fraction of sp³-hybridized carbons (Fsp3) is 0.350. The number of aromatic amines is 1. The highest BCUT2D eigenvalue weighted by Crippen LogP contribution is 2.29. The number of carbonyl (C=O) groups excluding carboxylic acids is 1. The molecule has 1 aromatic carbocycles. The summed E-state index contributed by atoms with van der Waals surface area (Å²) in [6, 6.07) is 6.07. The molecule has 2 N–H and O–H groups in total. The minimum Gasteiger partial charge on any atom is -0.505 e. The molecule has 146 valence electrons. The van der Waals surface area contributed by atoms with Gasteiger partial charge in [0.1, 0.15) is 0 Å². The number of H-pyrrole nitrogens is 1. The molecule has 1 aliphatic heterocycles. The quantitative estimate of drug-likeness (QED) is 0.726. The molecule has 28 heavy (non-hydrogen) atoms. The Labute approximate surface area is 161 Å². The van der Waals surface area contributed by atoms with E-state index in [1.807, 2.05) is 25.9 Å². The van der Waals surface area contributed by atoms with Crippen molar-refractivity contribution < 1.29 is 14.3 Å². The Bertz CT molecular complexity index is 1060. The van der Waals surface area contributed by atoms with Gasteiger partial charge in [0.05, 0.1) is 22.3 Å². The minimum absolute atomic E-state index is 0.0817. The molecular weight excluding hydrogens is 361 g/mol. The van der Waals surface area contributed by atoms with E-state index in [2.05, 4.69) is 20.1 Å². The summed E-state index contributed by atoms with van der Waals surface area (Å²) in [7, 11) is 4.03. The van der Waals surface area contributed by atoms with Crippen molar-refractivity contribution in [2.24, 2.45) is 0 Å². The zero-order valence-electron chi connectivity index (χ0n) is 16.0. The largest absolute Gasteiger partial charge is 0.505 e. The molecule has 4 rings (SSSR count). The first-order valence-corrected chi connectivity index (χ1v) is 9.15. The summed E-state index contributed by atoms with van der Waals surface area (Å²) in [5.41, 5.74) is 2.60. The van der Waals surface area contributed by atoms with Crippen molar-refractivity contribution in [3.05, 3.63) is 41.3 Å². The van der Waals surface area contributed by atoms with Crippen molar-refractivity contribution in [3.8, 4) is 17.0 Å². The second kappa shape index (κ2) is 6.87. The molecule has 0 radical (unpaired) electrons. The molecule has 0 spiro atoms. The summed E-state index contributed by atoms with van der Waals surface area (Å²) in [6.07, 6.45) is 0.924. The molecule has 3 heterocycles. The molecule has 0 saturated carbocycles. The van der Waals surface area contributed by atoms with E-state index in [4.69, 9.17) is 0 Å². The molecule has 7 nitrogen and oxygen atoms in total. The van der Waals surface area contributed by atoms with E-state index in [0.29, 0.717) is 52.7 Å². The molecular formula is C20H22FN5O2. The highest BCUT2D eigenvalue weighted by atomic mass is 19.1. The number of nitrogens with zero attached hydrogens (tertiary/aromatic N) is 4. The summed E-state index contributed by atoms with van der Waals surface area (Å²) >= 11 is 0. The number of aryl methyl sites for hydroxylation is 1. The Hall–Kier alpha value is -3.00. The number of amides is 1. The van der Waals surface area contributed by atoms with E-state index in [9.17, 15) is 14.3 Å². The Kier molecular flexibility index (Phi) is 4.50. The maximum Gasteiger partial charge on any atom is 0.254 e. The number of carbonyl (C=O) groups is 1. The number of aromatic nitrogens is 3. The number of phenols is 1. The van der Waals surface area contributed by atoms with Gasteiger partial charge in [-0.05, 0) is 51.7 Å². The predicted octanol–water partition coefficient (Wildman–Crippen LogP) is 2.55. The lowest BCUT2D eigenvalue weighted by atomic mass is 10.0. The third kappa shape index (κ3) is 3.09. The fourth-order valence-electron chi connectivity index (χ4n) is 3.69. The van der Waals surface area contributed by atoms with Crippen LogP contribution in [0.1, 0.15) is 22.5 Å². The van der Waals surface area contributed by atoms with E-state index in [1.54, 1.807) is 12.1 Å². The summed E-state index contributed by atoms with van der Waals surface area (Å²) in [5.74, 6) is -1.24. The van der Waals surface area contributed by atoms with E-state index in [0.717, 1.165) is 6.42 Å². The SMILES string of the molecule is Cc1n[nH]c2nc(-c3ccc(O)c(F)c3)cc(C(=O)N3CC[C@H](N(C)C)C3)c12. The molecule has 0 bridgehead atoms. The van der Waals surface area contributed by atoms with E-state index < -0.39 is 11.6 Å². The van der Waals surface area contributed by atoms with Gasteiger partial charge in [-0.3, -0.25) is 9.89 Å². The number of nitrogens with one attached hydrogen (secondary N) is 1. The van der Waals surface area contributed by atoms with Crippen molar-refractivity contribution in [3.63, 3.8) is 0 Å². The van der Waals surface area contributed by atoms with Crippen LogP contribution in [0.15, 0.2) is 24.3 Å². The maximum absolute atomic E-state index is 13.8. The van der Waals surface area contributed by atoms with E-state index >= 15 is 0 Å². The predicted molar refractivity (Wildman–Crippen MR) is 104 cm³/mol. The van der Waals surface area contributed by atoms with Gasteiger partial charge in [-0.1, -0.05) is 0 Å². The monoisotopic (exact) mass is 383 g/mol. The van der Waals surface area contributed by atoms with Crippen LogP contribution in [0.4, 0.5) is 4.39 Å². The van der Waals surface area contributed by atoms with Gasteiger partial charge in [-0.25, -0.2) is 9.37 Å². The normalized spacial score (nSPS) is 17.0. The lowest BCUT2D eigenvalue weighted by Gasteiger charge is -2.21. The van der Waals surface area contributed by atoms with Gasteiger partial charge in [0.2, 0.25) is 0 Å². The highest BCUT2D eigenvalue weighted by Gasteiger charge is 2.30. The molecule has 3 aromatic rings. The van der Waals surface area contributed by atoms with Gasteiger partial charge in [0.15, 0.2) is 17.2 Å². The molecule has 0 aliphatic carbocycles. The third-order valence-corrected chi connectivity index (χ3v) is 5.37. The lowest BCUT2D eigenvalue weighted by Crippen LogP contribution is -2.34. The van der Waals surface area contributed by atoms with Crippen LogP contribution in [0.2, 0.25) is 0 Å². The molecule has 0 unspecified atom stereocenters. The first kappa shape index (κ1) is 18.4. The Morgan fingerprint density at radius 1 is 1.36 bits per heavy atom. The number of aromatic hydroxyl groups is 1. The van der Waals surface area contributed by atoms with Crippen LogP contribution in [0.3, 0.4) is 0 Å². The third-order valence-electron chi connectivity index (χ3n) is 5.37. The fourth-order valence-corrected chi connectivity index (χ4v) is 3.69. The second-order valence-electron chi connectivity index (χ2n) is 7.41. The molecule has 8 heteroatoms. The van der Waals surface area contributed by atoms with Crippen LogP contribution in [-0.4, -0.2) is 69.2 Å². The van der Waals surface area contributed by atoms with Gasteiger partial charge in [-0.2, -0.15) is 5.10 Å². The maximum atomic E-state index is 13.8. The zero-order valence-corrected chi connectivity index (χ0v) is 16.0. The number of hydrogen-bond acceptors (Lipinski definition) is 5. The van der Waals surface area contributed by atoms with Gasteiger partial charge in [0, 0.05) is 24.7 Å². The average molecular weight is 383 g/mol.